The molecule has 112 valence electrons. The number of aliphatic hydroxyl groups is 1. The van der Waals surface area contributed by atoms with E-state index in [9.17, 15) is 5.11 Å². The third-order valence-electron chi connectivity index (χ3n) is 3.97. The zero-order chi connectivity index (χ0) is 14.4. The van der Waals surface area contributed by atoms with Crippen molar-refractivity contribution in [3.63, 3.8) is 0 Å². The van der Waals surface area contributed by atoms with Crippen molar-refractivity contribution in [2.24, 2.45) is 0 Å². The van der Waals surface area contributed by atoms with Gasteiger partial charge in [0, 0.05) is 25.4 Å². The lowest BCUT2D eigenvalue weighted by Crippen LogP contribution is -2.39. The van der Waals surface area contributed by atoms with Gasteiger partial charge in [-0.15, -0.1) is 0 Å². The Balaban J connectivity index is 1.96. The molecule has 2 atom stereocenters. The van der Waals surface area contributed by atoms with E-state index >= 15 is 0 Å². The van der Waals surface area contributed by atoms with Crippen molar-refractivity contribution in [3.8, 4) is 0 Å². The molecule has 2 unspecified atom stereocenters. The van der Waals surface area contributed by atoms with Gasteiger partial charge < -0.3 is 14.7 Å². The molecule has 0 aromatic heterocycles. The van der Waals surface area contributed by atoms with Gasteiger partial charge >= 0.3 is 0 Å². The van der Waals surface area contributed by atoms with Crippen molar-refractivity contribution in [1.82, 2.24) is 0 Å². The SMILES string of the molecule is CCCOC1CCCN(c2ccc(C(O)CC)cc2)C1. The van der Waals surface area contributed by atoms with E-state index in [1.807, 2.05) is 19.1 Å². The van der Waals surface area contributed by atoms with Crippen LogP contribution in [-0.4, -0.2) is 30.9 Å². The van der Waals surface area contributed by atoms with Crippen LogP contribution in [0.15, 0.2) is 24.3 Å². The third-order valence-corrected chi connectivity index (χ3v) is 3.97. The highest BCUT2D eigenvalue weighted by Gasteiger charge is 2.20. The van der Waals surface area contributed by atoms with E-state index in [1.165, 1.54) is 18.5 Å². The Hall–Kier alpha value is -1.06. The quantitative estimate of drug-likeness (QED) is 0.863. The average molecular weight is 277 g/mol. The molecular formula is C17H27NO2. The van der Waals surface area contributed by atoms with E-state index in [-0.39, 0.29) is 6.10 Å². The number of hydrogen-bond acceptors (Lipinski definition) is 3. The highest BCUT2D eigenvalue weighted by atomic mass is 16.5. The largest absolute Gasteiger partial charge is 0.388 e. The Morgan fingerprint density at radius 1 is 1.30 bits per heavy atom. The predicted molar refractivity (Wildman–Crippen MR) is 83.2 cm³/mol. The molecule has 0 radical (unpaired) electrons. The summed E-state index contributed by atoms with van der Waals surface area (Å²) in [7, 11) is 0. The van der Waals surface area contributed by atoms with Gasteiger partial charge in [0.2, 0.25) is 0 Å². The number of anilines is 1. The summed E-state index contributed by atoms with van der Waals surface area (Å²) in [5.41, 5.74) is 2.24. The van der Waals surface area contributed by atoms with E-state index in [0.29, 0.717) is 6.10 Å². The number of rotatable bonds is 6. The Kier molecular flexibility index (Phi) is 5.86. The molecule has 1 aliphatic rings. The molecule has 0 bridgehead atoms. The molecule has 1 aliphatic heterocycles. The second-order valence-corrected chi connectivity index (χ2v) is 5.60. The van der Waals surface area contributed by atoms with Crippen LogP contribution < -0.4 is 4.90 Å². The Morgan fingerprint density at radius 2 is 2.05 bits per heavy atom. The summed E-state index contributed by atoms with van der Waals surface area (Å²) in [6, 6.07) is 8.33. The van der Waals surface area contributed by atoms with Gasteiger partial charge in [-0.2, -0.15) is 0 Å². The first-order chi connectivity index (χ1) is 9.74. The topological polar surface area (TPSA) is 32.7 Å². The van der Waals surface area contributed by atoms with Crippen molar-refractivity contribution in [2.45, 2.75) is 51.7 Å². The number of piperidine rings is 1. The van der Waals surface area contributed by atoms with E-state index in [0.717, 1.165) is 38.1 Å². The molecule has 0 spiro atoms. The molecule has 2 rings (SSSR count). The van der Waals surface area contributed by atoms with Gasteiger partial charge in [-0.1, -0.05) is 26.0 Å². The van der Waals surface area contributed by atoms with Gasteiger partial charge in [0.1, 0.15) is 0 Å². The molecule has 1 aromatic carbocycles. The third kappa shape index (κ3) is 3.97. The van der Waals surface area contributed by atoms with Crippen LogP contribution in [0.1, 0.15) is 51.2 Å². The number of nitrogens with zero attached hydrogens (tertiary/aromatic N) is 1. The van der Waals surface area contributed by atoms with Crippen molar-refractivity contribution in [3.05, 3.63) is 29.8 Å². The van der Waals surface area contributed by atoms with Crippen LogP contribution in [0.2, 0.25) is 0 Å². The van der Waals surface area contributed by atoms with Crippen LogP contribution in [0.3, 0.4) is 0 Å². The van der Waals surface area contributed by atoms with Crippen molar-refractivity contribution < 1.29 is 9.84 Å². The van der Waals surface area contributed by atoms with Crippen LogP contribution >= 0.6 is 0 Å². The first-order valence-electron chi connectivity index (χ1n) is 7.89. The maximum absolute atomic E-state index is 9.84. The van der Waals surface area contributed by atoms with Crippen LogP contribution in [0.25, 0.3) is 0 Å². The monoisotopic (exact) mass is 277 g/mol. The van der Waals surface area contributed by atoms with Crippen LogP contribution in [-0.2, 0) is 4.74 Å². The summed E-state index contributed by atoms with van der Waals surface area (Å²) in [5.74, 6) is 0. The average Bonchev–Trinajstić information content (AvgIpc) is 2.52. The Bertz CT molecular complexity index is 390. The number of ether oxygens (including phenoxy) is 1. The minimum Gasteiger partial charge on any atom is -0.388 e. The van der Waals surface area contributed by atoms with Crippen LogP contribution in [0.4, 0.5) is 5.69 Å². The fourth-order valence-electron chi connectivity index (χ4n) is 2.74. The van der Waals surface area contributed by atoms with E-state index in [2.05, 4.69) is 24.0 Å². The minimum atomic E-state index is -0.342. The molecule has 0 aliphatic carbocycles. The number of hydrogen-bond donors (Lipinski definition) is 1. The molecule has 1 fully saturated rings. The molecule has 1 saturated heterocycles. The zero-order valence-corrected chi connectivity index (χ0v) is 12.7. The summed E-state index contributed by atoms with van der Waals surface area (Å²) < 4.78 is 5.88. The van der Waals surface area contributed by atoms with Gasteiger partial charge in [0.15, 0.2) is 0 Å². The van der Waals surface area contributed by atoms with Crippen molar-refractivity contribution in [1.29, 1.82) is 0 Å². The van der Waals surface area contributed by atoms with Gasteiger partial charge in [0.25, 0.3) is 0 Å². The molecule has 1 heterocycles. The lowest BCUT2D eigenvalue weighted by molar-refractivity contribution is 0.0440. The van der Waals surface area contributed by atoms with Crippen LogP contribution in [0, 0.1) is 0 Å². The lowest BCUT2D eigenvalue weighted by atomic mass is 10.0. The predicted octanol–water partition coefficient (Wildman–Crippen LogP) is 3.53. The fraction of sp³-hybridized carbons (Fsp3) is 0.647. The smallest absolute Gasteiger partial charge is 0.0787 e. The molecule has 1 N–H and O–H groups in total. The first kappa shape index (κ1) is 15.3. The van der Waals surface area contributed by atoms with Gasteiger partial charge in [-0.3, -0.25) is 0 Å². The zero-order valence-electron chi connectivity index (χ0n) is 12.7. The summed E-state index contributed by atoms with van der Waals surface area (Å²) in [6.07, 6.45) is 4.23. The van der Waals surface area contributed by atoms with E-state index in [4.69, 9.17) is 4.74 Å². The van der Waals surface area contributed by atoms with Crippen LogP contribution in [0.5, 0.6) is 0 Å². The maximum atomic E-state index is 9.84. The molecule has 20 heavy (non-hydrogen) atoms. The minimum absolute atomic E-state index is 0.342. The second kappa shape index (κ2) is 7.65. The van der Waals surface area contributed by atoms with Gasteiger partial charge in [0.05, 0.1) is 12.2 Å². The highest BCUT2D eigenvalue weighted by molar-refractivity contribution is 5.48. The Morgan fingerprint density at radius 3 is 2.70 bits per heavy atom. The second-order valence-electron chi connectivity index (χ2n) is 5.60. The fourth-order valence-corrected chi connectivity index (χ4v) is 2.74. The molecular weight excluding hydrogens is 250 g/mol. The number of benzene rings is 1. The van der Waals surface area contributed by atoms with E-state index < -0.39 is 0 Å². The van der Waals surface area contributed by atoms with Crippen molar-refractivity contribution >= 4 is 5.69 Å². The van der Waals surface area contributed by atoms with E-state index in [1.54, 1.807) is 0 Å². The lowest BCUT2D eigenvalue weighted by Gasteiger charge is -2.34. The highest BCUT2D eigenvalue weighted by Crippen LogP contribution is 2.24. The Labute approximate surface area is 122 Å². The van der Waals surface area contributed by atoms with Gasteiger partial charge in [-0.25, -0.2) is 0 Å². The standard InChI is InChI=1S/C17H27NO2/c1-3-12-20-16-6-5-11-18(13-16)15-9-7-14(8-10-15)17(19)4-2/h7-10,16-17,19H,3-6,11-13H2,1-2H3. The summed E-state index contributed by atoms with van der Waals surface area (Å²) in [5, 5.41) is 9.84. The summed E-state index contributed by atoms with van der Waals surface area (Å²) in [4.78, 5) is 2.39. The maximum Gasteiger partial charge on any atom is 0.0787 e. The summed E-state index contributed by atoms with van der Waals surface area (Å²) >= 11 is 0. The molecule has 1 aromatic rings. The summed E-state index contributed by atoms with van der Waals surface area (Å²) in [6.45, 7) is 7.09. The first-order valence-corrected chi connectivity index (χ1v) is 7.89. The molecule has 3 nitrogen and oxygen atoms in total. The molecule has 0 saturated carbocycles. The van der Waals surface area contributed by atoms with Gasteiger partial charge in [-0.05, 0) is 43.4 Å². The number of aliphatic hydroxyl groups excluding tert-OH is 1. The molecule has 0 amide bonds. The molecule has 3 heteroatoms. The normalized spacial score (nSPS) is 20.9. The van der Waals surface area contributed by atoms with Crippen molar-refractivity contribution in [2.75, 3.05) is 24.6 Å².